The normalized spacial score (nSPS) is 21.6. The lowest BCUT2D eigenvalue weighted by atomic mass is 9.88. The molecule has 1 aliphatic carbocycles. The number of sulfonamides is 1. The van der Waals surface area contributed by atoms with Gasteiger partial charge in [-0.3, -0.25) is 4.79 Å². The van der Waals surface area contributed by atoms with E-state index in [1.54, 1.807) is 29.4 Å². The number of aromatic nitrogens is 2. The lowest BCUT2D eigenvalue weighted by molar-refractivity contribution is -0.112. The third-order valence-electron chi connectivity index (χ3n) is 5.95. The van der Waals surface area contributed by atoms with Crippen LogP contribution in [0.4, 0.5) is 5.82 Å². The van der Waals surface area contributed by atoms with Gasteiger partial charge in [0.15, 0.2) is 5.84 Å². The number of rotatable bonds is 3. The molecule has 0 saturated carbocycles. The quantitative estimate of drug-likeness (QED) is 0.796. The summed E-state index contributed by atoms with van der Waals surface area (Å²) in [6.07, 6.45) is 9.83. The first kappa shape index (κ1) is 19.7. The van der Waals surface area contributed by atoms with Gasteiger partial charge in [-0.1, -0.05) is 24.3 Å². The number of benzene rings is 1. The Morgan fingerprint density at radius 3 is 2.97 bits per heavy atom. The van der Waals surface area contributed by atoms with E-state index in [1.807, 2.05) is 23.7 Å². The average molecular weight is 438 g/mol. The van der Waals surface area contributed by atoms with Gasteiger partial charge in [0.2, 0.25) is 0 Å². The fraction of sp³-hybridized carbons (Fsp3) is 0.318. The van der Waals surface area contributed by atoms with Crippen molar-refractivity contribution in [2.24, 2.45) is 4.40 Å². The Morgan fingerprint density at radius 1 is 1.26 bits per heavy atom. The van der Waals surface area contributed by atoms with Crippen molar-refractivity contribution in [2.75, 3.05) is 17.6 Å². The smallest absolute Gasteiger partial charge is 0.260 e. The molecule has 0 saturated heterocycles. The van der Waals surface area contributed by atoms with Crippen molar-refractivity contribution in [1.82, 2.24) is 14.7 Å². The van der Waals surface area contributed by atoms with Crippen LogP contribution >= 0.6 is 0 Å². The van der Waals surface area contributed by atoms with Crippen molar-refractivity contribution in [3.05, 3.63) is 71.1 Å². The molecule has 0 fully saturated rings. The second kappa shape index (κ2) is 7.49. The van der Waals surface area contributed by atoms with Crippen LogP contribution in [0.25, 0.3) is 0 Å². The number of anilines is 1. The summed E-state index contributed by atoms with van der Waals surface area (Å²) in [5.74, 6) is 0.313. The van der Waals surface area contributed by atoms with E-state index in [1.165, 1.54) is 11.1 Å². The van der Waals surface area contributed by atoms with Crippen LogP contribution in [0, 0.1) is 6.92 Å². The highest BCUT2D eigenvalue weighted by Crippen LogP contribution is 2.35. The monoisotopic (exact) mass is 437 g/mol. The summed E-state index contributed by atoms with van der Waals surface area (Å²) in [6.45, 7) is 2.18. The summed E-state index contributed by atoms with van der Waals surface area (Å²) in [7, 11) is -3.57. The van der Waals surface area contributed by atoms with Gasteiger partial charge in [-0.2, -0.15) is 5.10 Å². The highest BCUT2D eigenvalue weighted by Gasteiger charge is 2.31. The van der Waals surface area contributed by atoms with E-state index >= 15 is 0 Å². The minimum absolute atomic E-state index is 0.0399. The van der Waals surface area contributed by atoms with Gasteiger partial charge in [0.1, 0.15) is 5.82 Å². The molecule has 0 spiro atoms. The number of amides is 1. The largest absolute Gasteiger partial charge is 0.331 e. The van der Waals surface area contributed by atoms with Crippen molar-refractivity contribution < 1.29 is 13.2 Å². The Morgan fingerprint density at radius 2 is 2.10 bits per heavy atom. The number of nitrogens with one attached hydrogen (secondary N) is 1. The summed E-state index contributed by atoms with van der Waals surface area (Å²) in [5.41, 5.74) is 3.60. The molecule has 1 aromatic heterocycles. The Bertz CT molecular complexity index is 1260. The molecule has 9 heteroatoms. The molecule has 31 heavy (non-hydrogen) atoms. The van der Waals surface area contributed by atoms with Crippen molar-refractivity contribution in [3.63, 3.8) is 0 Å². The zero-order valence-corrected chi connectivity index (χ0v) is 18.0. The van der Waals surface area contributed by atoms with Crippen LogP contribution in [-0.2, 0) is 21.2 Å². The Labute approximate surface area is 181 Å². The molecule has 160 valence electrons. The summed E-state index contributed by atoms with van der Waals surface area (Å²) in [4.78, 5) is 14.9. The highest BCUT2D eigenvalue weighted by atomic mass is 32.2. The van der Waals surface area contributed by atoms with Gasteiger partial charge >= 0.3 is 0 Å². The minimum atomic E-state index is -3.57. The summed E-state index contributed by atoms with van der Waals surface area (Å²) in [6, 6.07) is 8.38. The van der Waals surface area contributed by atoms with Gasteiger partial charge < -0.3 is 10.2 Å². The van der Waals surface area contributed by atoms with Crippen LogP contribution in [0.1, 0.15) is 35.6 Å². The summed E-state index contributed by atoms with van der Waals surface area (Å²) >= 11 is 0. The number of carbonyl (C=O) groups excluding carboxylic acids is 1. The van der Waals surface area contributed by atoms with Crippen molar-refractivity contribution >= 4 is 27.6 Å². The standard InChI is InChI=1S/C22H23N5O3S/c1-15-14-23-27(19-10-4-7-16-6-2-3-8-17(16)19)20(15)24-22(28)18-9-5-11-26-12-13-31(29,30)25-21(18)26/h2-3,5-6,8-9,11,14,19H,4,7,10,12-13H2,1H3,(H,24,28). The molecule has 1 amide bonds. The molecule has 1 atom stereocenters. The first-order valence-electron chi connectivity index (χ1n) is 10.3. The van der Waals surface area contributed by atoms with E-state index in [4.69, 9.17) is 0 Å². The fourth-order valence-corrected chi connectivity index (χ4v) is 5.38. The first-order chi connectivity index (χ1) is 14.9. The molecule has 0 radical (unpaired) electrons. The van der Waals surface area contributed by atoms with Crippen LogP contribution in [0.2, 0.25) is 0 Å². The van der Waals surface area contributed by atoms with E-state index in [-0.39, 0.29) is 29.7 Å². The van der Waals surface area contributed by atoms with Gasteiger partial charge in [-0.15, -0.1) is 4.40 Å². The lowest BCUT2D eigenvalue weighted by Gasteiger charge is -2.29. The third-order valence-corrected chi connectivity index (χ3v) is 7.10. The zero-order chi connectivity index (χ0) is 21.6. The number of nitrogens with zero attached hydrogens (tertiary/aromatic N) is 4. The molecule has 8 nitrogen and oxygen atoms in total. The predicted octanol–water partition coefficient (Wildman–Crippen LogP) is 2.55. The Kier molecular flexibility index (Phi) is 4.77. The average Bonchev–Trinajstić information content (AvgIpc) is 3.12. The van der Waals surface area contributed by atoms with E-state index in [0.717, 1.165) is 24.8 Å². The number of hydrogen-bond donors (Lipinski definition) is 1. The molecule has 5 rings (SSSR count). The number of allylic oxidation sites excluding steroid dienone is 2. The maximum absolute atomic E-state index is 13.2. The van der Waals surface area contributed by atoms with Crippen LogP contribution in [0.15, 0.2) is 58.8 Å². The number of fused-ring (bicyclic) bond motifs is 2. The molecule has 1 aromatic carbocycles. The summed E-state index contributed by atoms with van der Waals surface area (Å²) in [5, 5.41) is 7.55. The van der Waals surface area contributed by atoms with Crippen LogP contribution < -0.4 is 5.32 Å². The first-order valence-corrected chi connectivity index (χ1v) is 12.0. The van der Waals surface area contributed by atoms with Crippen molar-refractivity contribution in [2.45, 2.75) is 32.2 Å². The van der Waals surface area contributed by atoms with E-state index in [2.05, 4.69) is 26.9 Å². The number of carbonyl (C=O) groups is 1. The second-order valence-electron chi connectivity index (χ2n) is 8.00. The van der Waals surface area contributed by atoms with Crippen molar-refractivity contribution in [3.8, 4) is 0 Å². The maximum atomic E-state index is 13.2. The van der Waals surface area contributed by atoms with Gasteiger partial charge in [0, 0.05) is 18.3 Å². The van der Waals surface area contributed by atoms with Crippen molar-refractivity contribution in [1.29, 1.82) is 0 Å². The number of hydrogen-bond acceptors (Lipinski definition) is 5. The summed E-state index contributed by atoms with van der Waals surface area (Å²) < 4.78 is 29.7. The predicted molar refractivity (Wildman–Crippen MR) is 118 cm³/mol. The van der Waals surface area contributed by atoms with E-state index in [9.17, 15) is 13.2 Å². The van der Waals surface area contributed by atoms with Crippen LogP contribution in [0.3, 0.4) is 0 Å². The number of amidine groups is 1. The van der Waals surface area contributed by atoms with Crippen LogP contribution in [-0.4, -0.2) is 47.1 Å². The molecule has 1 N–H and O–H groups in total. The zero-order valence-electron chi connectivity index (χ0n) is 17.2. The second-order valence-corrected chi connectivity index (χ2v) is 9.75. The van der Waals surface area contributed by atoms with Gasteiger partial charge in [0.25, 0.3) is 15.9 Å². The van der Waals surface area contributed by atoms with E-state index in [0.29, 0.717) is 5.82 Å². The molecular weight excluding hydrogens is 414 g/mol. The van der Waals surface area contributed by atoms with Gasteiger partial charge in [-0.05, 0) is 49.5 Å². The molecule has 3 aliphatic rings. The van der Waals surface area contributed by atoms with Gasteiger partial charge in [0.05, 0.1) is 23.6 Å². The topological polar surface area (TPSA) is 96.7 Å². The third kappa shape index (κ3) is 3.59. The Hall–Kier alpha value is -3.20. The molecular formula is C22H23N5O3S. The minimum Gasteiger partial charge on any atom is -0.331 e. The maximum Gasteiger partial charge on any atom is 0.260 e. The molecule has 3 heterocycles. The molecule has 1 unspecified atom stereocenters. The SMILES string of the molecule is Cc1cnn(C2CCCc3ccccc32)c1NC(=O)C1=CC=CN2CCS(=O)(=O)N=C12. The van der Waals surface area contributed by atoms with Crippen LogP contribution in [0.5, 0.6) is 0 Å². The van der Waals surface area contributed by atoms with E-state index < -0.39 is 15.9 Å². The highest BCUT2D eigenvalue weighted by molar-refractivity contribution is 7.90. The molecule has 0 bridgehead atoms. The Balaban J connectivity index is 1.48. The number of aryl methyl sites for hydroxylation is 2. The molecule has 2 aliphatic heterocycles. The molecule has 2 aromatic rings. The fourth-order valence-electron chi connectivity index (χ4n) is 4.39. The van der Waals surface area contributed by atoms with Gasteiger partial charge in [-0.25, -0.2) is 13.1 Å². The lowest BCUT2D eigenvalue weighted by Crippen LogP contribution is -2.41.